The van der Waals surface area contributed by atoms with E-state index in [4.69, 9.17) is 5.73 Å². The number of halogens is 4. The average Bonchev–Trinajstić information content (AvgIpc) is 3.12. The molecule has 4 rings (SSSR count). The molecule has 34 heavy (non-hydrogen) atoms. The molecule has 0 unspecified atom stereocenters. The summed E-state index contributed by atoms with van der Waals surface area (Å²) in [4.78, 5) is 30.3. The van der Waals surface area contributed by atoms with Crippen molar-refractivity contribution in [1.82, 2.24) is 0 Å². The van der Waals surface area contributed by atoms with Gasteiger partial charge >= 0.3 is 24.5 Å². The summed E-state index contributed by atoms with van der Waals surface area (Å²) in [7, 11) is 0. The fourth-order valence-electron chi connectivity index (χ4n) is 2.40. The molecule has 3 N–H and O–H groups in total. The highest BCUT2D eigenvalue weighted by Crippen LogP contribution is 2.42. The first-order valence-corrected chi connectivity index (χ1v) is 9.17. The minimum Gasteiger partial charge on any atom is -0.399 e. The van der Waals surface area contributed by atoms with Crippen LogP contribution in [-0.2, 0) is 19.1 Å². The third-order valence-electron chi connectivity index (χ3n) is 3.43. The van der Waals surface area contributed by atoms with Crippen molar-refractivity contribution >= 4 is 29.2 Å². The van der Waals surface area contributed by atoms with E-state index in [1.165, 1.54) is 57.2 Å². The molecule has 0 spiro atoms. The number of nitrogen functional groups attached to an aromatic ring is 1. The normalized spacial score (nSPS) is 15.0. The van der Waals surface area contributed by atoms with E-state index < -0.39 is 24.5 Å². The fraction of sp³-hybridized carbons (Fsp3) is 0.250. The van der Waals surface area contributed by atoms with Crippen LogP contribution in [0, 0.1) is 0 Å². The molecule has 0 saturated heterocycles. The fourth-order valence-corrected chi connectivity index (χ4v) is 2.40. The summed E-state index contributed by atoms with van der Waals surface area (Å²) in [5.74, 6) is -1.57. The Bertz CT molecular complexity index is 1080. The van der Waals surface area contributed by atoms with Gasteiger partial charge in [-0.2, -0.15) is 0 Å². The zero-order chi connectivity index (χ0) is 25.7. The van der Waals surface area contributed by atoms with Gasteiger partial charge in [-0.05, 0) is 24.3 Å². The third-order valence-corrected chi connectivity index (χ3v) is 3.43. The van der Waals surface area contributed by atoms with Crippen LogP contribution in [0.2, 0.25) is 0 Å². The number of alkyl halides is 4. The number of carbonyl (C=O) groups is 3. The van der Waals surface area contributed by atoms with Gasteiger partial charge in [-0.3, -0.25) is 14.4 Å². The second kappa shape index (κ2) is 10.1. The number of nitrogens with two attached hydrogens (primary N) is 1. The number of nitrogens with one attached hydrogen (secondary N) is 1. The summed E-state index contributed by atoms with van der Waals surface area (Å²) in [5, 5.41) is 2.44. The zero-order valence-corrected chi connectivity index (χ0v) is 17.8. The SMILES string of the molecule is CC(=O)Nc1ccc2c(c1)OC(F)(F)O2.CC(=O)OC(C)=O.Nc1ccc2c(c1)OC(F)(F)O2. The second-order valence-electron chi connectivity index (χ2n) is 6.47. The van der Waals surface area contributed by atoms with Crippen LogP contribution in [0.5, 0.6) is 23.0 Å². The molecule has 2 aliphatic heterocycles. The Balaban J connectivity index is 0.000000193. The van der Waals surface area contributed by atoms with Crippen molar-refractivity contribution in [3.05, 3.63) is 36.4 Å². The maximum Gasteiger partial charge on any atom is 0.586 e. The maximum absolute atomic E-state index is 12.6. The molecule has 0 fully saturated rings. The van der Waals surface area contributed by atoms with Crippen molar-refractivity contribution in [3.8, 4) is 23.0 Å². The summed E-state index contributed by atoms with van der Waals surface area (Å²) in [6, 6.07) is 8.12. The molecular weight excluding hydrogens is 472 g/mol. The number of anilines is 2. The average molecular weight is 490 g/mol. The summed E-state index contributed by atoms with van der Waals surface area (Å²) in [6.45, 7) is 3.68. The van der Waals surface area contributed by atoms with Crippen molar-refractivity contribution in [1.29, 1.82) is 0 Å². The number of hydrogen-bond acceptors (Lipinski definition) is 9. The molecule has 14 heteroatoms. The number of rotatable bonds is 1. The first kappa shape index (κ1) is 26.0. The van der Waals surface area contributed by atoms with E-state index in [0.29, 0.717) is 11.4 Å². The number of carbonyl (C=O) groups excluding carboxylic acids is 3. The van der Waals surface area contributed by atoms with Crippen molar-refractivity contribution in [2.75, 3.05) is 11.1 Å². The lowest BCUT2D eigenvalue weighted by Crippen LogP contribution is -2.25. The summed E-state index contributed by atoms with van der Waals surface area (Å²) in [5.41, 5.74) is 6.07. The summed E-state index contributed by atoms with van der Waals surface area (Å²) >= 11 is 0. The molecule has 0 saturated carbocycles. The van der Waals surface area contributed by atoms with E-state index in [2.05, 4.69) is 29.0 Å². The quantitative estimate of drug-likeness (QED) is 0.266. The topological polar surface area (TPSA) is 135 Å². The standard InChI is InChI=1S/C9H7F2NO3.C7H5F2NO2.C4H6O3/c1-5(13)12-6-2-3-7-8(4-6)15-9(10,11)14-7;8-7(9)11-5-2-1-4(10)3-6(5)12-7;1-3(5)7-4(2)6/h2-4H,1H3,(H,12,13);1-3H,10H2;1-2H3. The van der Waals surface area contributed by atoms with Gasteiger partial charge in [0.15, 0.2) is 23.0 Å². The Kier molecular flexibility index (Phi) is 7.76. The maximum atomic E-state index is 12.6. The first-order valence-electron chi connectivity index (χ1n) is 9.17. The first-order chi connectivity index (χ1) is 15.7. The molecule has 1 amide bonds. The van der Waals surface area contributed by atoms with Gasteiger partial charge in [0.1, 0.15) is 0 Å². The largest absolute Gasteiger partial charge is 0.586 e. The van der Waals surface area contributed by atoms with Crippen molar-refractivity contribution in [2.45, 2.75) is 33.4 Å². The van der Waals surface area contributed by atoms with Gasteiger partial charge in [0.2, 0.25) is 5.91 Å². The van der Waals surface area contributed by atoms with E-state index in [1.54, 1.807) is 0 Å². The number of ether oxygens (including phenoxy) is 5. The predicted octanol–water partition coefficient (Wildman–Crippen LogP) is 3.65. The molecule has 2 aliphatic rings. The molecule has 10 nitrogen and oxygen atoms in total. The molecule has 0 aromatic heterocycles. The van der Waals surface area contributed by atoms with E-state index in [9.17, 15) is 31.9 Å². The molecule has 0 aliphatic carbocycles. The van der Waals surface area contributed by atoms with E-state index in [0.717, 1.165) is 0 Å². The van der Waals surface area contributed by atoms with E-state index in [-0.39, 0.29) is 28.9 Å². The lowest BCUT2D eigenvalue weighted by Gasteiger charge is -2.04. The Hall–Kier alpha value is -4.23. The summed E-state index contributed by atoms with van der Waals surface area (Å²) < 4.78 is 70.6. The van der Waals surface area contributed by atoms with Crippen LogP contribution >= 0.6 is 0 Å². The van der Waals surface area contributed by atoms with Gasteiger partial charge in [-0.1, -0.05) is 0 Å². The highest BCUT2D eigenvalue weighted by atomic mass is 19.3. The number of amides is 1. The monoisotopic (exact) mass is 490 g/mol. The Labute approximate surface area is 189 Å². The number of fused-ring (bicyclic) bond motifs is 2. The molecule has 2 aromatic carbocycles. The summed E-state index contributed by atoms with van der Waals surface area (Å²) in [6.07, 6.45) is -7.19. The lowest BCUT2D eigenvalue weighted by atomic mass is 10.3. The molecule has 2 heterocycles. The van der Waals surface area contributed by atoms with Crippen LogP contribution in [0.4, 0.5) is 28.9 Å². The molecule has 0 bridgehead atoms. The number of hydrogen-bond donors (Lipinski definition) is 2. The van der Waals surface area contributed by atoms with E-state index >= 15 is 0 Å². The van der Waals surface area contributed by atoms with Gasteiger partial charge in [-0.15, -0.1) is 17.6 Å². The van der Waals surface area contributed by atoms with Gasteiger partial charge in [0, 0.05) is 44.3 Å². The highest BCUT2D eigenvalue weighted by Gasteiger charge is 2.44. The van der Waals surface area contributed by atoms with Crippen LogP contribution in [0.1, 0.15) is 20.8 Å². The minimum absolute atomic E-state index is 0.00852. The van der Waals surface area contributed by atoms with Crippen molar-refractivity contribution in [2.24, 2.45) is 0 Å². The predicted molar refractivity (Wildman–Crippen MR) is 106 cm³/mol. The molecule has 0 radical (unpaired) electrons. The Morgan fingerprint density at radius 1 is 0.765 bits per heavy atom. The van der Waals surface area contributed by atoms with Crippen molar-refractivity contribution in [3.63, 3.8) is 0 Å². The molecule has 184 valence electrons. The lowest BCUT2D eigenvalue weighted by molar-refractivity contribution is -0.287. The van der Waals surface area contributed by atoms with E-state index in [1.807, 2.05) is 0 Å². The number of esters is 2. The number of benzene rings is 2. The van der Waals surface area contributed by atoms with Crippen LogP contribution in [0.25, 0.3) is 0 Å². The van der Waals surface area contributed by atoms with Crippen LogP contribution in [-0.4, -0.2) is 30.4 Å². The molecular formula is C20H18F4N2O8. The van der Waals surface area contributed by atoms with Gasteiger partial charge in [-0.25, -0.2) is 0 Å². The third kappa shape index (κ3) is 8.03. The van der Waals surface area contributed by atoms with Gasteiger partial charge in [0.05, 0.1) is 0 Å². The van der Waals surface area contributed by atoms with Gasteiger partial charge in [0.25, 0.3) is 0 Å². The van der Waals surface area contributed by atoms with Gasteiger partial charge < -0.3 is 34.7 Å². The smallest absolute Gasteiger partial charge is 0.399 e. The van der Waals surface area contributed by atoms with Crippen LogP contribution in [0.15, 0.2) is 36.4 Å². The Morgan fingerprint density at radius 2 is 1.21 bits per heavy atom. The molecule has 2 aromatic rings. The minimum atomic E-state index is -3.63. The Morgan fingerprint density at radius 3 is 1.65 bits per heavy atom. The van der Waals surface area contributed by atoms with Crippen molar-refractivity contribution < 1.29 is 55.6 Å². The van der Waals surface area contributed by atoms with Crippen LogP contribution < -0.4 is 30.0 Å². The van der Waals surface area contributed by atoms with Crippen LogP contribution in [0.3, 0.4) is 0 Å². The highest BCUT2D eigenvalue weighted by molar-refractivity contribution is 5.89. The molecule has 0 atom stereocenters. The second-order valence-corrected chi connectivity index (χ2v) is 6.47. The zero-order valence-electron chi connectivity index (χ0n) is 17.8.